The summed E-state index contributed by atoms with van der Waals surface area (Å²) in [6.07, 6.45) is 10.5. The van der Waals surface area contributed by atoms with Crippen LogP contribution >= 0.6 is 0 Å². The molecule has 0 aliphatic heterocycles. The summed E-state index contributed by atoms with van der Waals surface area (Å²) in [5.41, 5.74) is 6.03. The van der Waals surface area contributed by atoms with Gasteiger partial charge in [0.1, 0.15) is 5.82 Å². The minimum atomic E-state index is -0.105. The van der Waals surface area contributed by atoms with Crippen molar-refractivity contribution >= 4 is 0 Å². The highest BCUT2D eigenvalue weighted by molar-refractivity contribution is 5.65. The van der Waals surface area contributed by atoms with Gasteiger partial charge in [-0.15, -0.1) is 0 Å². The molecule has 158 valence electrons. The smallest absolute Gasteiger partial charge is 0.127 e. The Morgan fingerprint density at radius 3 is 2.03 bits per heavy atom. The van der Waals surface area contributed by atoms with E-state index in [0.29, 0.717) is 0 Å². The Kier molecular flexibility index (Phi) is 8.68. The first-order chi connectivity index (χ1) is 15.2. The highest BCUT2D eigenvalue weighted by Crippen LogP contribution is 2.23. The number of hydrogen-bond donors (Lipinski definition) is 0. The molecule has 3 rings (SSSR count). The molecule has 0 radical (unpaired) electrons. The lowest BCUT2D eigenvalue weighted by Gasteiger charge is -2.07. The maximum Gasteiger partial charge on any atom is 0.127 e. The van der Waals surface area contributed by atoms with Crippen LogP contribution in [0, 0.1) is 17.7 Å². The van der Waals surface area contributed by atoms with E-state index in [2.05, 4.69) is 62.1 Å². The summed E-state index contributed by atoms with van der Waals surface area (Å²) in [6.45, 7) is 4.21. The zero-order valence-electron chi connectivity index (χ0n) is 18.6. The van der Waals surface area contributed by atoms with E-state index >= 15 is 0 Å². The lowest BCUT2D eigenvalue weighted by molar-refractivity contribution is 0.599. The molecule has 0 saturated heterocycles. The lowest BCUT2D eigenvalue weighted by Crippen LogP contribution is -1.92. The molecule has 3 aromatic rings. The van der Waals surface area contributed by atoms with Crippen LogP contribution in [0.15, 0.2) is 78.9 Å². The lowest BCUT2D eigenvalue weighted by atomic mass is 10.00. The third-order valence-electron chi connectivity index (χ3n) is 5.46. The van der Waals surface area contributed by atoms with Crippen molar-refractivity contribution in [1.82, 2.24) is 0 Å². The van der Waals surface area contributed by atoms with Crippen LogP contribution in [-0.2, 0) is 12.8 Å². The second-order valence-corrected chi connectivity index (χ2v) is 7.90. The van der Waals surface area contributed by atoms with E-state index in [1.807, 2.05) is 36.4 Å². The second kappa shape index (κ2) is 11.9. The van der Waals surface area contributed by atoms with Crippen molar-refractivity contribution in [2.24, 2.45) is 0 Å². The second-order valence-electron chi connectivity index (χ2n) is 7.90. The Bertz CT molecular complexity index is 1040. The minimum absolute atomic E-state index is 0.105. The summed E-state index contributed by atoms with van der Waals surface area (Å²) in [5.74, 6) is 6.35. The number of rotatable bonds is 8. The molecule has 0 aromatic heterocycles. The Morgan fingerprint density at radius 2 is 1.42 bits per heavy atom. The van der Waals surface area contributed by atoms with Gasteiger partial charge in [-0.25, -0.2) is 4.39 Å². The molecule has 0 fully saturated rings. The first-order valence-corrected chi connectivity index (χ1v) is 11.3. The van der Waals surface area contributed by atoms with Gasteiger partial charge in [-0.2, -0.15) is 0 Å². The summed E-state index contributed by atoms with van der Waals surface area (Å²) in [5, 5.41) is 0. The van der Waals surface area contributed by atoms with Gasteiger partial charge in [-0.1, -0.05) is 80.2 Å². The highest BCUT2D eigenvalue weighted by Gasteiger charge is 2.05. The molecule has 0 atom stereocenters. The van der Waals surface area contributed by atoms with Crippen molar-refractivity contribution < 1.29 is 4.39 Å². The van der Waals surface area contributed by atoms with Crippen molar-refractivity contribution in [3.8, 4) is 23.0 Å². The molecular formula is C30H31F. The van der Waals surface area contributed by atoms with Crippen molar-refractivity contribution in [1.29, 1.82) is 0 Å². The normalized spacial score (nSPS) is 10.8. The fourth-order valence-corrected chi connectivity index (χ4v) is 3.56. The van der Waals surface area contributed by atoms with Gasteiger partial charge in [-0.3, -0.25) is 0 Å². The Balaban J connectivity index is 1.64. The van der Waals surface area contributed by atoms with Gasteiger partial charge in [0.15, 0.2) is 0 Å². The van der Waals surface area contributed by atoms with Crippen LogP contribution in [-0.4, -0.2) is 0 Å². The maximum atomic E-state index is 14.4. The van der Waals surface area contributed by atoms with E-state index in [1.165, 1.54) is 5.56 Å². The summed E-state index contributed by atoms with van der Waals surface area (Å²) in [7, 11) is 0. The third kappa shape index (κ3) is 6.97. The van der Waals surface area contributed by atoms with E-state index in [1.54, 1.807) is 6.07 Å². The van der Waals surface area contributed by atoms with Gasteiger partial charge in [0.05, 0.1) is 0 Å². The van der Waals surface area contributed by atoms with Crippen LogP contribution in [0.5, 0.6) is 0 Å². The van der Waals surface area contributed by atoms with Crippen LogP contribution in [0.3, 0.4) is 0 Å². The third-order valence-corrected chi connectivity index (χ3v) is 5.46. The number of unbranched alkanes of at least 4 members (excludes halogenated alkanes) is 2. The zero-order valence-corrected chi connectivity index (χ0v) is 18.6. The fourth-order valence-electron chi connectivity index (χ4n) is 3.56. The van der Waals surface area contributed by atoms with E-state index in [0.717, 1.165) is 66.3 Å². The largest absolute Gasteiger partial charge is 0.207 e. The molecule has 0 aliphatic carbocycles. The number of halogens is 1. The fraction of sp³-hybridized carbons (Fsp3) is 0.267. The first-order valence-electron chi connectivity index (χ1n) is 11.3. The highest BCUT2D eigenvalue weighted by atomic mass is 19.1. The average molecular weight is 411 g/mol. The number of allylic oxidation sites excluding steroid dienone is 2. The maximum absolute atomic E-state index is 14.4. The molecule has 1 heteroatoms. The zero-order chi connectivity index (χ0) is 21.9. The van der Waals surface area contributed by atoms with Crippen LogP contribution < -0.4 is 0 Å². The number of aryl methyl sites for hydroxylation is 2. The predicted molar refractivity (Wildman–Crippen MR) is 131 cm³/mol. The van der Waals surface area contributed by atoms with Crippen molar-refractivity contribution in [2.45, 2.75) is 52.4 Å². The monoisotopic (exact) mass is 410 g/mol. The Hall–Kier alpha value is -3.11. The van der Waals surface area contributed by atoms with Crippen LogP contribution in [0.1, 0.15) is 61.8 Å². The predicted octanol–water partition coefficient (Wildman–Crippen LogP) is 8.13. The molecular weight excluding hydrogens is 379 g/mol. The average Bonchev–Trinajstić information content (AvgIpc) is 2.80. The quantitative estimate of drug-likeness (QED) is 0.200. The van der Waals surface area contributed by atoms with Crippen molar-refractivity contribution in [2.75, 3.05) is 0 Å². The van der Waals surface area contributed by atoms with Crippen LogP contribution in [0.25, 0.3) is 11.1 Å². The first kappa shape index (κ1) is 22.6. The molecule has 31 heavy (non-hydrogen) atoms. The molecule has 0 amide bonds. The molecule has 0 unspecified atom stereocenters. The molecule has 0 nitrogen and oxygen atoms in total. The van der Waals surface area contributed by atoms with Gasteiger partial charge in [0.25, 0.3) is 0 Å². The van der Waals surface area contributed by atoms with E-state index in [4.69, 9.17) is 0 Å². The van der Waals surface area contributed by atoms with E-state index in [-0.39, 0.29) is 5.82 Å². The summed E-state index contributed by atoms with van der Waals surface area (Å²) in [6, 6.07) is 22.1. The Morgan fingerprint density at radius 1 is 0.774 bits per heavy atom. The van der Waals surface area contributed by atoms with Crippen LogP contribution in [0.2, 0.25) is 0 Å². The number of hydrogen-bond acceptors (Lipinski definition) is 0. The minimum Gasteiger partial charge on any atom is -0.207 e. The van der Waals surface area contributed by atoms with Gasteiger partial charge in [0.2, 0.25) is 0 Å². The summed E-state index contributed by atoms with van der Waals surface area (Å²) < 4.78 is 14.4. The van der Waals surface area contributed by atoms with Crippen molar-refractivity contribution in [3.05, 3.63) is 107 Å². The topological polar surface area (TPSA) is 0 Å². The van der Waals surface area contributed by atoms with E-state index in [9.17, 15) is 4.39 Å². The van der Waals surface area contributed by atoms with Gasteiger partial charge in [-0.05, 0) is 85.2 Å². The van der Waals surface area contributed by atoms with Crippen molar-refractivity contribution in [3.63, 3.8) is 0 Å². The summed E-state index contributed by atoms with van der Waals surface area (Å²) >= 11 is 0. The van der Waals surface area contributed by atoms with E-state index < -0.39 is 0 Å². The molecule has 0 aliphatic rings. The molecule has 0 spiro atoms. The van der Waals surface area contributed by atoms with Gasteiger partial charge in [0, 0.05) is 11.1 Å². The SMILES string of the molecule is C/C=C/CCc1ccc(C#Cc2ccc(-c3ccc(CCCCC)c(F)c3)cc2)cc1. The van der Waals surface area contributed by atoms with Gasteiger partial charge < -0.3 is 0 Å². The number of benzene rings is 3. The van der Waals surface area contributed by atoms with Crippen LogP contribution in [0.4, 0.5) is 4.39 Å². The Labute approximate surface area is 186 Å². The molecule has 0 N–H and O–H groups in total. The molecule has 3 aromatic carbocycles. The standard InChI is InChI=1S/C30H31F/c1-3-5-7-9-24-11-13-25(14-12-24)15-16-26-17-19-27(20-18-26)29-22-21-28(30(31)23-29)10-8-6-4-2/h3,5,11-14,17-23H,4,6-10H2,1-2H3/b5-3+. The summed E-state index contributed by atoms with van der Waals surface area (Å²) in [4.78, 5) is 0. The molecule has 0 bridgehead atoms. The molecule has 0 saturated carbocycles. The van der Waals surface area contributed by atoms with Gasteiger partial charge >= 0.3 is 0 Å². The molecule has 0 heterocycles.